The van der Waals surface area contributed by atoms with E-state index in [1.807, 2.05) is 0 Å². The van der Waals surface area contributed by atoms with Crippen LogP contribution in [-0.2, 0) is 4.79 Å². The number of allylic oxidation sites excluding steroid dienone is 2. The van der Waals surface area contributed by atoms with Gasteiger partial charge in [-0.25, -0.2) is 0 Å². The minimum atomic E-state index is -0.780. The van der Waals surface area contributed by atoms with E-state index in [2.05, 4.69) is 38.2 Å². The lowest BCUT2D eigenvalue weighted by atomic mass is 9.96. The Balaban J connectivity index is 3.32. The first kappa shape index (κ1) is 24.2. The molecule has 0 rings (SSSR count). The van der Waals surface area contributed by atoms with E-state index in [1.54, 1.807) is 0 Å². The van der Waals surface area contributed by atoms with Gasteiger partial charge >= 0.3 is 5.97 Å². The summed E-state index contributed by atoms with van der Waals surface area (Å²) in [6, 6.07) is 0. The van der Waals surface area contributed by atoms with E-state index in [0.717, 1.165) is 6.42 Å². The summed E-state index contributed by atoms with van der Waals surface area (Å²) in [5.74, 6) is -0.780. The van der Waals surface area contributed by atoms with Crippen molar-refractivity contribution in [1.82, 2.24) is 5.32 Å². The molecule has 3 heteroatoms. The van der Waals surface area contributed by atoms with Gasteiger partial charge in [-0.1, -0.05) is 76.9 Å². The highest BCUT2D eigenvalue weighted by Gasteiger charge is 2.17. The molecule has 0 amide bonds. The number of carboxylic acids is 1. The van der Waals surface area contributed by atoms with Crippen LogP contribution in [0.3, 0.4) is 0 Å². The van der Waals surface area contributed by atoms with Crippen molar-refractivity contribution in [2.45, 2.75) is 116 Å². The van der Waals surface area contributed by atoms with Crippen molar-refractivity contribution in [3.05, 3.63) is 12.2 Å². The number of hydrogen-bond donors (Lipinski definition) is 2. The Morgan fingerprint density at radius 2 is 1.32 bits per heavy atom. The van der Waals surface area contributed by atoms with Crippen molar-refractivity contribution < 1.29 is 9.90 Å². The standard InChI is InChI=1S/C22H43NO2/c1-4-5-6-7-8-9-10-11-12-13-14-15-16-17-18-19-22(2,3)23-20-21(24)25/h11-12,23H,4-10,13-20H2,1-3H3,(H,24,25)/b12-11-. The predicted octanol–water partition coefficient (Wildman–Crippen LogP) is 6.48. The van der Waals surface area contributed by atoms with E-state index in [4.69, 9.17) is 5.11 Å². The maximum absolute atomic E-state index is 10.6. The Morgan fingerprint density at radius 3 is 1.84 bits per heavy atom. The number of carbonyl (C=O) groups is 1. The lowest BCUT2D eigenvalue weighted by Crippen LogP contribution is -2.42. The van der Waals surface area contributed by atoms with Gasteiger partial charge in [0.05, 0.1) is 6.54 Å². The van der Waals surface area contributed by atoms with Crippen molar-refractivity contribution in [3.8, 4) is 0 Å². The molecule has 148 valence electrons. The SMILES string of the molecule is CCCCCCCC/C=C\CCCCCCCC(C)(C)NCC(=O)O. The lowest BCUT2D eigenvalue weighted by Gasteiger charge is -2.25. The minimum Gasteiger partial charge on any atom is -0.480 e. The molecule has 0 aliphatic rings. The van der Waals surface area contributed by atoms with Crippen LogP contribution < -0.4 is 5.32 Å². The zero-order chi connectivity index (χ0) is 18.8. The molecule has 0 aromatic carbocycles. The lowest BCUT2D eigenvalue weighted by molar-refractivity contribution is -0.136. The van der Waals surface area contributed by atoms with Gasteiger partial charge in [-0.15, -0.1) is 0 Å². The van der Waals surface area contributed by atoms with Crippen molar-refractivity contribution >= 4 is 5.97 Å². The molecule has 0 heterocycles. The largest absolute Gasteiger partial charge is 0.480 e. The molecule has 0 radical (unpaired) electrons. The Labute approximate surface area is 156 Å². The number of hydrogen-bond acceptors (Lipinski definition) is 2. The third kappa shape index (κ3) is 19.3. The monoisotopic (exact) mass is 353 g/mol. The normalized spacial score (nSPS) is 12.1. The fourth-order valence-corrected chi connectivity index (χ4v) is 3.04. The summed E-state index contributed by atoms with van der Waals surface area (Å²) >= 11 is 0. The Hall–Kier alpha value is -0.830. The zero-order valence-corrected chi connectivity index (χ0v) is 17.1. The highest BCUT2D eigenvalue weighted by molar-refractivity contribution is 5.69. The first-order chi connectivity index (χ1) is 12.0. The van der Waals surface area contributed by atoms with Crippen LogP contribution in [0.4, 0.5) is 0 Å². The van der Waals surface area contributed by atoms with Crippen LogP contribution in [-0.4, -0.2) is 23.2 Å². The van der Waals surface area contributed by atoms with Gasteiger partial charge in [0.2, 0.25) is 0 Å². The molecule has 0 saturated heterocycles. The van der Waals surface area contributed by atoms with Crippen molar-refractivity contribution in [3.63, 3.8) is 0 Å². The predicted molar refractivity (Wildman–Crippen MR) is 109 cm³/mol. The summed E-state index contributed by atoms with van der Waals surface area (Å²) in [7, 11) is 0. The smallest absolute Gasteiger partial charge is 0.317 e. The van der Waals surface area contributed by atoms with Crippen molar-refractivity contribution in [2.24, 2.45) is 0 Å². The van der Waals surface area contributed by atoms with Gasteiger partial charge in [0.15, 0.2) is 0 Å². The third-order valence-corrected chi connectivity index (χ3v) is 4.78. The van der Waals surface area contributed by atoms with Crippen LogP contribution in [0.15, 0.2) is 12.2 Å². The Kier molecular flexibility index (Phi) is 16.1. The van der Waals surface area contributed by atoms with Gasteiger partial charge in [-0.2, -0.15) is 0 Å². The van der Waals surface area contributed by atoms with E-state index in [9.17, 15) is 4.79 Å². The fraction of sp³-hybridized carbons (Fsp3) is 0.864. The molecule has 0 aromatic rings. The first-order valence-corrected chi connectivity index (χ1v) is 10.6. The molecule has 0 aliphatic heterocycles. The van der Waals surface area contributed by atoms with E-state index in [1.165, 1.54) is 83.5 Å². The minimum absolute atomic E-state index is 0.0536. The van der Waals surface area contributed by atoms with Gasteiger partial charge in [0, 0.05) is 5.54 Å². The second kappa shape index (κ2) is 16.6. The molecular weight excluding hydrogens is 310 g/mol. The summed E-state index contributed by atoms with van der Waals surface area (Å²) in [6.07, 6.45) is 22.9. The molecule has 0 aromatic heterocycles. The van der Waals surface area contributed by atoms with Gasteiger partial charge in [0.1, 0.15) is 0 Å². The average Bonchev–Trinajstić information content (AvgIpc) is 2.56. The molecule has 0 saturated carbocycles. The molecule has 3 nitrogen and oxygen atoms in total. The van der Waals surface area contributed by atoms with E-state index >= 15 is 0 Å². The van der Waals surface area contributed by atoms with Crippen molar-refractivity contribution in [1.29, 1.82) is 0 Å². The van der Waals surface area contributed by atoms with Crippen LogP contribution in [0.25, 0.3) is 0 Å². The van der Waals surface area contributed by atoms with E-state index in [0.29, 0.717) is 0 Å². The summed E-state index contributed by atoms with van der Waals surface area (Å²) in [5.41, 5.74) is -0.0718. The maximum Gasteiger partial charge on any atom is 0.317 e. The first-order valence-electron chi connectivity index (χ1n) is 10.6. The van der Waals surface area contributed by atoms with Crippen LogP contribution in [0.1, 0.15) is 111 Å². The summed E-state index contributed by atoms with van der Waals surface area (Å²) in [6.45, 7) is 6.50. The van der Waals surface area contributed by atoms with E-state index < -0.39 is 5.97 Å². The third-order valence-electron chi connectivity index (χ3n) is 4.78. The number of carboxylic acid groups (broad SMARTS) is 1. The van der Waals surface area contributed by atoms with Crippen LogP contribution in [0, 0.1) is 0 Å². The quantitative estimate of drug-likeness (QED) is 0.219. The summed E-state index contributed by atoms with van der Waals surface area (Å²) < 4.78 is 0. The molecule has 25 heavy (non-hydrogen) atoms. The molecular formula is C22H43NO2. The fourth-order valence-electron chi connectivity index (χ4n) is 3.04. The van der Waals surface area contributed by atoms with Crippen LogP contribution in [0.2, 0.25) is 0 Å². The summed E-state index contributed by atoms with van der Waals surface area (Å²) in [5, 5.41) is 11.8. The van der Waals surface area contributed by atoms with Gasteiger partial charge in [0.25, 0.3) is 0 Å². The molecule has 0 atom stereocenters. The number of unbranched alkanes of at least 4 members (excludes halogenated alkanes) is 11. The van der Waals surface area contributed by atoms with Crippen LogP contribution in [0.5, 0.6) is 0 Å². The Morgan fingerprint density at radius 1 is 0.840 bits per heavy atom. The number of rotatable bonds is 18. The second-order valence-electron chi connectivity index (χ2n) is 7.97. The second-order valence-corrected chi connectivity index (χ2v) is 7.97. The number of nitrogens with one attached hydrogen (secondary N) is 1. The van der Waals surface area contributed by atoms with Crippen molar-refractivity contribution in [2.75, 3.05) is 6.54 Å². The average molecular weight is 354 g/mol. The summed E-state index contributed by atoms with van der Waals surface area (Å²) in [4.78, 5) is 10.6. The molecule has 0 bridgehead atoms. The maximum atomic E-state index is 10.6. The zero-order valence-electron chi connectivity index (χ0n) is 17.1. The van der Waals surface area contributed by atoms with E-state index in [-0.39, 0.29) is 12.1 Å². The van der Waals surface area contributed by atoms with Gasteiger partial charge < -0.3 is 10.4 Å². The topological polar surface area (TPSA) is 49.3 Å². The highest BCUT2D eigenvalue weighted by Crippen LogP contribution is 2.15. The van der Waals surface area contributed by atoms with Gasteiger partial charge in [-0.3, -0.25) is 4.79 Å². The highest BCUT2D eigenvalue weighted by atomic mass is 16.4. The molecule has 0 fully saturated rings. The molecule has 0 aliphatic carbocycles. The number of aliphatic carboxylic acids is 1. The molecule has 0 unspecified atom stereocenters. The molecule has 0 spiro atoms. The van der Waals surface area contributed by atoms with Crippen LogP contribution >= 0.6 is 0 Å². The Bertz CT molecular complexity index is 337. The van der Waals surface area contributed by atoms with Gasteiger partial charge in [-0.05, 0) is 46.0 Å². The molecule has 2 N–H and O–H groups in total.